The molecular formula is C21H22N2O5. The molecule has 7 nitrogen and oxygen atoms in total. The van der Waals surface area contributed by atoms with Crippen LogP contribution in [0.4, 0.5) is 0 Å². The van der Waals surface area contributed by atoms with Gasteiger partial charge in [-0.15, -0.1) is 0 Å². The Morgan fingerprint density at radius 3 is 2.43 bits per heavy atom. The Labute approximate surface area is 162 Å². The Morgan fingerprint density at radius 1 is 1.11 bits per heavy atom. The molecule has 0 bridgehead atoms. The number of Topliss-reactive ketones (excluding diaryl/α,β-unsaturated/α-hetero) is 1. The number of methoxy groups -OCH3 is 1. The third kappa shape index (κ3) is 3.83. The van der Waals surface area contributed by atoms with Gasteiger partial charge >= 0.3 is 5.97 Å². The highest BCUT2D eigenvalue weighted by atomic mass is 16.6. The van der Waals surface area contributed by atoms with Crippen molar-refractivity contribution in [3.63, 3.8) is 0 Å². The summed E-state index contributed by atoms with van der Waals surface area (Å²) in [5.74, 6) is 0.793. The maximum Gasteiger partial charge on any atom is 0.302 e. The Morgan fingerprint density at radius 2 is 1.82 bits per heavy atom. The van der Waals surface area contributed by atoms with Gasteiger partial charge in [0.05, 0.1) is 12.6 Å². The van der Waals surface area contributed by atoms with Crippen LogP contribution in [-0.4, -0.2) is 41.6 Å². The molecule has 3 rings (SSSR count). The summed E-state index contributed by atoms with van der Waals surface area (Å²) in [6, 6.07) is 9.30. The van der Waals surface area contributed by atoms with Gasteiger partial charge in [-0.25, -0.2) is 4.98 Å². The van der Waals surface area contributed by atoms with Crippen LogP contribution in [0.3, 0.4) is 0 Å². The van der Waals surface area contributed by atoms with Gasteiger partial charge in [-0.1, -0.05) is 0 Å². The van der Waals surface area contributed by atoms with Crippen molar-refractivity contribution < 1.29 is 23.8 Å². The summed E-state index contributed by atoms with van der Waals surface area (Å²) >= 11 is 0. The van der Waals surface area contributed by atoms with Crippen LogP contribution < -0.4 is 9.47 Å². The van der Waals surface area contributed by atoms with E-state index in [1.54, 1.807) is 20.2 Å². The van der Waals surface area contributed by atoms with Crippen molar-refractivity contribution in [2.75, 3.05) is 20.3 Å². The topological polar surface area (TPSA) is 79.7 Å². The maximum atomic E-state index is 12.2. The number of rotatable bonds is 7. The summed E-state index contributed by atoms with van der Waals surface area (Å²) in [5.41, 5.74) is 3.21. The first-order valence-corrected chi connectivity index (χ1v) is 8.85. The monoisotopic (exact) mass is 382 g/mol. The van der Waals surface area contributed by atoms with E-state index in [4.69, 9.17) is 14.2 Å². The zero-order chi connectivity index (χ0) is 20.3. The lowest BCUT2D eigenvalue weighted by Crippen LogP contribution is -2.09. The van der Waals surface area contributed by atoms with Gasteiger partial charge < -0.3 is 18.8 Å². The summed E-state index contributed by atoms with van der Waals surface area (Å²) in [5, 5.41) is 0.785. The van der Waals surface area contributed by atoms with Gasteiger partial charge in [-0.05, 0) is 38.1 Å². The molecule has 0 spiro atoms. The Hall–Kier alpha value is -3.35. The van der Waals surface area contributed by atoms with E-state index < -0.39 is 0 Å². The first-order chi connectivity index (χ1) is 13.4. The maximum absolute atomic E-state index is 12.2. The van der Waals surface area contributed by atoms with Crippen molar-refractivity contribution in [2.24, 2.45) is 0 Å². The highest BCUT2D eigenvalue weighted by Gasteiger charge is 2.19. The number of fused-ring (bicyclic) bond motifs is 1. The van der Waals surface area contributed by atoms with E-state index in [0.29, 0.717) is 17.2 Å². The van der Waals surface area contributed by atoms with E-state index in [9.17, 15) is 9.59 Å². The van der Waals surface area contributed by atoms with E-state index in [1.807, 2.05) is 41.8 Å². The van der Waals surface area contributed by atoms with E-state index >= 15 is 0 Å². The van der Waals surface area contributed by atoms with Crippen molar-refractivity contribution in [1.29, 1.82) is 0 Å². The average Bonchev–Trinajstić information content (AvgIpc) is 2.96. The van der Waals surface area contributed by atoms with Crippen LogP contribution in [0.25, 0.3) is 16.6 Å². The van der Waals surface area contributed by atoms with E-state index in [2.05, 4.69) is 4.98 Å². The normalized spacial score (nSPS) is 10.7. The minimum Gasteiger partial charge on any atom is -0.490 e. The number of ketones is 1. The minimum absolute atomic E-state index is 0.0151. The molecule has 0 unspecified atom stereocenters. The van der Waals surface area contributed by atoms with Crippen LogP contribution in [-0.2, 0) is 9.53 Å². The summed E-state index contributed by atoms with van der Waals surface area (Å²) in [7, 11) is 1.56. The molecule has 0 N–H and O–H groups in total. The smallest absolute Gasteiger partial charge is 0.302 e. The number of carbonyl (C=O) groups is 2. The lowest BCUT2D eigenvalue weighted by atomic mass is 10.1. The molecule has 3 aromatic rings. The zero-order valence-corrected chi connectivity index (χ0v) is 16.3. The third-order valence-corrected chi connectivity index (χ3v) is 4.38. The predicted octanol–water partition coefficient (Wildman–Crippen LogP) is 3.49. The second-order valence-corrected chi connectivity index (χ2v) is 6.28. The molecule has 0 radical (unpaired) electrons. The first kappa shape index (κ1) is 19.4. The molecule has 0 saturated heterocycles. The number of nitrogens with zero attached hydrogens (tertiary/aromatic N) is 2. The number of carbonyl (C=O) groups excluding carboxylic acids is 2. The Bertz CT molecular complexity index is 1020. The Kier molecular flexibility index (Phi) is 5.63. The highest BCUT2D eigenvalue weighted by molar-refractivity contribution is 6.08. The molecule has 0 atom stereocenters. The zero-order valence-electron chi connectivity index (χ0n) is 16.3. The summed E-state index contributed by atoms with van der Waals surface area (Å²) in [6.07, 6.45) is 1.67. The molecule has 7 heteroatoms. The molecule has 28 heavy (non-hydrogen) atoms. The van der Waals surface area contributed by atoms with Gasteiger partial charge in [0.2, 0.25) is 5.88 Å². The number of hydrogen-bond acceptors (Lipinski definition) is 6. The van der Waals surface area contributed by atoms with E-state index in [0.717, 1.165) is 22.3 Å². The molecular weight excluding hydrogens is 360 g/mol. The summed E-state index contributed by atoms with van der Waals surface area (Å²) in [6.45, 7) is 5.30. The quantitative estimate of drug-likeness (QED) is 0.354. The van der Waals surface area contributed by atoms with Crippen molar-refractivity contribution in [3.05, 3.63) is 47.8 Å². The van der Waals surface area contributed by atoms with Crippen LogP contribution in [0.15, 0.2) is 36.5 Å². The second kappa shape index (κ2) is 8.12. The van der Waals surface area contributed by atoms with Gasteiger partial charge in [0.15, 0.2) is 5.78 Å². The van der Waals surface area contributed by atoms with Crippen LogP contribution in [0.5, 0.6) is 11.6 Å². The SMILES string of the molecule is COc1cc2c(cn1)c(C(C)=O)c(C)n2-c1ccc(OCCOC(C)=O)cc1. The summed E-state index contributed by atoms with van der Waals surface area (Å²) in [4.78, 5) is 27.2. The molecule has 0 aliphatic rings. The van der Waals surface area contributed by atoms with Crippen molar-refractivity contribution in [3.8, 4) is 17.3 Å². The molecule has 146 valence electrons. The number of hydrogen-bond donors (Lipinski definition) is 0. The molecule has 2 aromatic heterocycles. The van der Waals surface area contributed by atoms with E-state index in [1.165, 1.54) is 6.92 Å². The number of ether oxygens (including phenoxy) is 3. The molecule has 2 heterocycles. The fourth-order valence-electron chi connectivity index (χ4n) is 3.22. The van der Waals surface area contributed by atoms with Crippen molar-refractivity contribution >= 4 is 22.7 Å². The van der Waals surface area contributed by atoms with Crippen LogP contribution >= 0.6 is 0 Å². The first-order valence-electron chi connectivity index (χ1n) is 8.85. The van der Waals surface area contributed by atoms with Gasteiger partial charge in [0.1, 0.15) is 19.0 Å². The summed E-state index contributed by atoms with van der Waals surface area (Å²) < 4.78 is 17.7. The lowest BCUT2D eigenvalue weighted by molar-refractivity contribution is -0.141. The van der Waals surface area contributed by atoms with Crippen LogP contribution in [0.2, 0.25) is 0 Å². The van der Waals surface area contributed by atoms with Crippen LogP contribution in [0, 0.1) is 6.92 Å². The Balaban J connectivity index is 1.95. The van der Waals surface area contributed by atoms with Gasteiger partial charge in [0.25, 0.3) is 0 Å². The van der Waals surface area contributed by atoms with Gasteiger partial charge in [-0.3, -0.25) is 9.59 Å². The van der Waals surface area contributed by atoms with Crippen LogP contribution in [0.1, 0.15) is 29.9 Å². The fourth-order valence-corrected chi connectivity index (χ4v) is 3.22. The molecule has 0 fully saturated rings. The van der Waals surface area contributed by atoms with Crippen molar-refractivity contribution in [1.82, 2.24) is 9.55 Å². The average molecular weight is 382 g/mol. The third-order valence-electron chi connectivity index (χ3n) is 4.38. The number of esters is 1. The van der Waals surface area contributed by atoms with Gasteiger partial charge in [0, 0.05) is 41.5 Å². The molecule has 1 aromatic carbocycles. The molecule has 0 aliphatic carbocycles. The molecule has 0 aliphatic heterocycles. The predicted molar refractivity (Wildman–Crippen MR) is 104 cm³/mol. The lowest BCUT2D eigenvalue weighted by Gasteiger charge is -2.11. The fraction of sp³-hybridized carbons (Fsp3) is 0.286. The highest BCUT2D eigenvalue weighted by Crippen LogP contribution is 2.31. The van der Waals surface area contributed by atoms with E-state index in [-0.39, 0.29) is 25.0 Å². The minimum atomic E-state index is -0.333. The molecule has 0 saturated carbocycles. The number of benzene rings is 1. The van der Waals surface area contributed by atoms with Crippen molar-refractivity contribution in [2.45, 2.75) is 20.8 Å². The van der Waals surface area contributed by atoms with Gasteiger partial charge in [-0.2, -0.15) is 0 Å². The standard InChI is InChI=1S/C21H22N2O5/c1-13-21(14(2)24)18-12-22-20(26-4)11-19(18)23(13)16-5-7-17(8-6-16)28-10-9-27-15(3)25/h5-8,11-12H,9-10H2,1-4H3. The molecule has 0 amide bonds. The number of pyridine rings is 1. The number of aromatic nitrogens is 2. The largest absolute Gasteiger partial charge is 0.490 e. The second-order valence-electron chi connectivity index (χ2n) is 6.28.